The average Bonchev–Trinajstić information content (AvgIpc) is 3.06. The highest BCUT2D eigenvalue weighted by Gasteiger charge is 2.35. The van der Waals surface area contributed by atoms with E-state index in [-0.39, 0.29) is 29.4 Å². The molecule has 0 aromatic rings. The highest BCUT2D eigenvalue weighted by atomic mass is 16.5. The summed E-state index contributed by atoms with van der Waals surface area (Å²) in [4.78, 5) is 24.7. The standard InChI is InChI=1S/C22H40N2O4/c1-21(2,3)19(25)24-15-18-7-6-17(28-18)14-22(4,5)20(26)23-11-8-16-9-12-27-13-10-16/h16-18H,6-15H2,1-5H3,(H,23,26)(H,24,25). The smallest absolute Gasteiger partial charge is 0.225 e. The minimum absolute atomic E-state index is 0.0451. The first-order chi connectivity index (χ1) is 13.1. The predicted molar refractivity (Wildman–Crippen MR) is 110 cm³/mol. The van der Waals surface area contributed by atoms with Crippen molar-refractivity contribution in [2.75, 3.05) is 26.3 Å². The van der Waals surface area contributed by atoms with Gasteiger partial charge in [-0.05, 0) is 44.4 Å². The molecule has 0 saturated carbocycles. The Morgan fingerprint density at radius 1 is 0.893 bits per heavy atom. The predicted octanol–water partition coefficient (Wildman–Crippen LogP) is 3.05. The van der Waals surface area contributed by atoms with Gasteiger partial charge in [0.05, 0.1) is 12.2 Å². The van der Waals surface area contributed by atoms with Crippen LogP contribution in [0.5, 0.6) is 0 Å². The Labute approximate surface area is 170 Å². The molecule has 0 aromatic carbocycles. The van der Waals surface area contributed by atoms with E-state index in [9.17, 15) is 9.59 Å². The van der Waals surface area contributed by atoms with Crippen molar-refractivity contribution in [2.45, 2.75) is 85.4 Å². The lowest BCUT2D eigenvalue weighted by Crippen LogP contribution is -2.41. The van der Waals surface area contributed by atoms with E-state index in [1.807, 2.05) is 34.6 Å². The van der Waals surface area contributed by atoms with E-state index in [1.165, 1.54) is 0 Å². The fourth-order valence-corrected chi connectivity index (χ4v) is 3.88. The molecule has 0 spiro atoms. The number of nitrogens with one attached hydrogen (secondary N) is 2. The molecule has 2 aliphatic rings. The van der Waals surface area contributed by atoms with Gasteiger partial charge in [-0.3, -0.25) is 9.59 Å². The Hall–Kier alpha value is -1.14. The van der Waals surface area contributed by atoms with Crippen molar-refractivity contribution in [3.8, 4) is 0 Å². The van der Waals surface area contributed by atoms with E-state index >= 15 is 0 Å². The zero-order valence-electron chi connectivity index (χ0n) is 18.4. The number of amides is 2. The number of carbonyl (C=O) groups is 2. The molecule has 0 bridgehead atoms. The van der Waals surface area contributed by atoms with Crippen molar-refractivity contribution < 1.29 is 19.1 Å². The van der Waals surface area contributed by atoms with E-state index in [0.29, 0.717) is 18.9 Å². The van der Waals surface area contributed by atoms with Crippen molar-refractivity contribution in [1.82, 2.24) is 10.6 Å². The second kappa shape index (κ2) is 10.1. The highest BCUT2D eigenvalue weighted by Crippen LogP contribution is 2.31. The van der Waals surface area contributed by atoms with Crippen LogP contribution in [0.1, 0.15) is 73.1 Å². The van der Waals surface area contributed by atoms with Gasteiger partial charge in [0.25, 0.3) is 0 Å². The van der Waals surface area contributed by atoms with Crippen LogP contribution in [0.25, 0.3) is 0 Å². The Morgan fingerprint density at radius 2 is 1.54 bits per heavy atom. The van der Waals surface area contributed by atoms with Gasteiger partial charge in [0.2, 0.25) is 11.8 Å². The lowest BCUT2D eigenvalue weighted by Gasteiger charge is -2.28. The zero-order chi connectivity index (χ0) is 20.8. The quantitative estimate of drug-likeness (QED) is 0.661. The summed E-state index contributed by atoms with van der Waals surface area (Å²) in [6.07, 6.45) is 5.92. The molecule has 6 heteroatoms. The Balaban J connectivity index is 1.68. The molecule has 2 heterocycles. The molecule has 2 amide bonds. The normalized spacial score (nSPS) is 24.2. The molecule has 162 valence electrons. The summed E-state index contributed by atoms with van der Waals surface area (Å²) in [5, 5.41) is 6.10. The van der Waals surface area contributed by atoms with Gasteiger partial charge in [-0.1, -0.05) is 34.6 Å². The van der Waals surface area contributed by atoms with Gasteiger partial charge in [-0.2, -0.15) is 0 Å². The van der Waals surface area contributed by atoms with Crippen LogP contribution in [0, 0.1) is 16.7 Å². The van der Waals surface area contributed by atoms with E-state index in [1.54, 1.807) is 0 Å². The van der Waals surface area contributed by atoms with Gasteiger partial charge in [-0.15, -0.1) is 0 Å². The maximum Gasteiger partial charge on any atom is 0.225 e. The summed E-state index contributed by atoms with van der Waals surface area (Å²) >= 11 is 0. The van der Waals surface area contributed by atoms with Crippen molar-refractivity contribution in [3.05, 3.63) is 0 Å². The molecule has 2 N–H and O–H groups in total. The molecule has 0 aliphatic carbocycles. The first kappa shape index (κ1) is 23.1. The summed E-state index contributed by atoms with van der Waals surface area (Å²) in [6.45, 7) is 12.7. The van der Waals surface area contributed by atoms with Gasteiger partial charge >= 0.3 is 0 Å². The molecular formula is C22H40N2O4. The van der Waals surface area contributed by atoms with Crippen LogP contribution in [0.2, 0.25) is 0 Å². The summed E-state index contributed by atoms with van der Waals surface area (Å²) in [5.41, 5.74) is -0.841. The SMILES string of the molecule is CC(C)(C)C(=O)NCC1CCC(CC(C)(C)C(=O)NCCC2CCOCC2)O1. The topological polar surface area (TPSA) is 76.7 Å². The number of hydrogen-bond donors (Lipinski definition) is 2. The second-order valence-electron chi connectivity index (χ2n) is 10.1. The molecule has 2 saturated heterocycles. The summed E-state index contributed by atoms with van der Waals surface area (Å²) in [6, 6.07) is 0. The molecule has 0 radical (unpaired) electrons. The molecule has 2 fully saturated rings. The molecular weight excluding hydrogens is 356 g/mol. The first-order valence-electron chi connectivity index (χ1n) is 10.9. The van der Waals surface area contributed by atoms with Crippen LogP contribution in [-0.2, 0) is 19.1 Å². The van der Waals surface area contributed by atoms with Gasteiger partial charge in [0.1, 0.15) is 0 Å². The average molecular weight is 397 g/mol. The molecule has 6 nitrogen and oxygen atoms in total. The van der Waals surface area contributed by atoms with E-state index in [0.717, 1.165) is 51.9 Å². The Kier molecular flexibility index (Phi) is 8.31. The monoisotopic (exact) mass is 396 g/mol. The molecule has 28 heavy (non-hydrogen) atoms. The Morgan fingerprint density at radius 3 is 2.18 bits per heavy atom. The highest BCUT2D eigenvalue weighted by molar-refractivity contribution is 5.82. The minimum atomic E-state index is -0.454. The maximum atomic E-state index is 12.7. The van der Waals surface area contributed by atoms with Crippen LogP contribution in [0.3, 0.4) is 0 Å². The van der Waals surface area contributed by atoms with E-state index in [4.69, 9.17) is 9.47 Å². The van der Waals surface area contributed by atoms with Gasteiger partial charge < -0.3 is 20.1 Å². The van der Waals surface area contributed by atoms with Crippen molar-refractivity contribution in [3.63, 3.8) is 0 Å². The maximum absolute atomic E-state index is 12.7. The van der Waals surface area contributed by atoms with Crippen molar-refractivity contribution >= 4 is 11.8 Å². The van der Waals surface area contributed by atoms with E-state index < -0.39 is 5.41 Å². The summed E-state index contributed by atoms with van der Waals surface area (Å²) in [5.74, 6) is 0.816. The zero-order valence-corrected chi connectivity index (χ0v) is 18.4. The first-order valence-corrected chi connectivity index (χ1v) is 10.9. The number of ether oxygens (including phenoxy) is 2. The fourth-order valence-electron chi connectivity index (χ4n) is 3.88. The fraction of sp³-hybridized carbons (Fsp3) is 0.909. The van der Waals surface area contributed by atoms with E-state index in [2.05, 4.69) is 10.6 Å². The molecule has 2 atom stereocenters. The summed E-state index contributed by atoms with van der Waals surface area (Å²) in [7, 11) is 0. The molecule has 0 aromatic heterocycles. The Bertz CT molecular complexity index is 521. The van der Waals surface area contributed by atoms with Crippen molar-refractivity contribution in [1.29, 1.82) is 0 Å². The third-order valence-electron chi connectivity index (χ3n) is 5.90. The van der Waals surface area contributed by atoms with Crippen molar-refractivity contribution in [2.24, 2.45) is 16.7 Å². The number of carbonyl (C=O) groups excluding carboxylic acids is 2. The second-order valence-corrected chi connectivity index (χ2v) is 10.1. The summed E-state index contributed by atoms with van der Waals surface area (Å²) < 4.78 is 11.5. The number of rotatable bonds is 8. The molecule has 2 rings (SSSR count). The lowest BCUT2D eigenvalue weighted by molar-refractivity contribution is -0.131. The third-order valence-corrected chi connectivity index (χ3v) is 5.90. The third kappa shape index (κ3) is 7.36. The minimum Gasteiger partial charge on any atom is -0.381 e. The van der Waals surface area contributed by atoms with Gasteiger partial charge in [0, 0.05) is 37.1 Å². The lowest BCUT2D eigenvalue weighted by atomic mass is 9.84. The van der Waals surface area contributed by atoms with Crippen LogP contribution in [0.4, 0.5) is 0 Å². The molecule has 2 unspecified atom stereocenters. The largest absolute Gasteiger partial charge is 0.381 e. The molecule has 2 aliphatic heterocycles. The van der Waals surface area contributed by atoms with Crippen LogP contribution < -0.4 is 10.6 Å². The van der Waals surface area contributed by atoms with Crippen LogP contribution in [0.15, 0.2) is 0 Å². The van der Waals surface area contributed by atoms with Gasteiger partial charge in [-0.25, -0.2) is 0 Å². The van der Waals surface area contributed by atoms with Gasteiger partial charge in [0.15, 0.2) is 0 Å². The number of hydrogen-bond acceptors (Lipinski definition) is 4. The van der Waals surface area contributed by atoms with Crippen LogP contribution >= 0.6 is 0 Å². The van der Waals surface area contributed by atoms with Crippen LogP contribution in [-0.4, -0.2) is 50.3 Å².